The fourth-order valence-electron chi connectivity index (χ4n) is 4.64. The number of hydrogen-bond donors (Lipinski definition) is 2. The quantitative estimate of drug-likeness (QED) is 0.368. The first-order valence-corrected chi connectivity index (χ1v) is 13.0. The summed E-state index contributed by atoms with van der Waals surface area (Å²) in [5, 5.41) is 12.7. The average Bonchev–Trinajstić information content (AvgIpc) is 3.36. The first-order chi connectivity index (χ1) is 17.9. The molecule has 0 aliphatic carbocycles. The lowest BCUT2D eigenvalue weighted by atomic mass is 10.0. The molecule has 188 valence electrons. The average molecular weight is 514 g/mol. The Kier molecular flexibility index (Phi) is 6.99. The Bertz CT molecular complexity index is 1480. The molecule has 1 aliphatic rings. The molecule has 1 fully saturated rings. The van der Waals surface area contributed by atoms with Gasteiger partial charge in [-0.25, -0.2) is 4.98 Å². The Morgan fingerprint density at radius 3 is 2.68 bits per heavy atom. The van der Waals surface area contributed by atoms with Gasteiger partial charge in [0.15, 0.2) is 10.3 Å². The zero-order chi connectivity index (χ0) is 25.9. The number of anilines is 1. The van der Waals surface area contributed by atoms with Gasteiger partial charge in [0.2, 0.25) is 11.9 Å². The molecule has 0 spiro atoms. The van der Waals surface area contributed by atoms with Crippen LogP contribution < -0.4 is 15.8 Å². The van der Waals surface area contributed by atoms with Crippen LogP contribution in [0, 0.1) is 25.2 Å². The number of amides is 1. The van der Waals surface area contributed by atoms with Crippen LogP contribution in [0.25, 0.3) is 10.3 Å². The number of nitrogens with two attached hydrogens (primary N) is 1. The van der Waals surface area contributed by atoms with Gasteiger partial charge in [0, 0.05) is 31.2 Å². The predicted molar refractivity (Wildman–Crippen MR) is 143 cm³/mol. The number of carbonyl (C=O) groups excluding carboxylic acids is 1. The third-order valence-corrected chi connectivity index (χ3v) is 7.21. The summed E-state index contributed by atoms with van der Waals surface area (Å²) < 4.78 is 6.25. The lowest BCUT2D eigenvalue weighted by Gasteiger charge is -2.32. The highest BCUT2D eigenvalue weighted by molar-refractivity contribution is 7.16. The van der Waals surface area contributed by atoms with Crippen LogP contribution >= 0.6 is 11.3 Å². The maximum atomic E-state index is 11.5. The Morgan fingerprint density at radius 2 is 1.97 bits per heavy atom. The van der Waals surface area contributed by atoms with Gasteiger partial charge in [-0.2, -0.15) is 15.2 Å². The number of piperidine rings is 1. The molecule has 37 heavy (non-hydrogen) atoms. The molecular formula is C27H27N7O2S. The molecule has 0 unspecified atom stereocenters. The minimum atomic E-state index is -0.407. The van der Waals surface area contributed by atoms with E-state index in [9.17, 15) is 10.1 Å². The van der Waals surface area contributed by atoms with Crippen molar-refractivity contribution in [3.63, 3.8) is 0 Å². The summed E-state index contributed by atoms with van der Waals surface area (Å²) in [6.07, 6.45) is 1.87. The van der Waals surface area contributed by atoms with Crippen molar-refractivity contribution in [3.8, 4) is 17.7 Å². The summed E-state index contributed by atoms with van der Waals surface area (Å²) in [6, 6.07) is 13.5. The lowest BCUT2D eigenvalue weighted by Crippen LogP contribution is -2.39. The van der Waals surface area contributed by atoms with E-state index >= 15 is 0 Å². The maximum Gasteiger partial charge on any atom is 0.252 e. The van der Waals surface area contributed by atoms with Crippen molar-refractivity contribution >= 4 is 33.5 Å². The maximum absolute atomic E-state index is 11.5. The number of likely N-dealkylation sites (tertiary alicyclic amines) is 1. The Balaban J connectivity index is 1.27. The normalized spacial score (nSPS) is 14.4. The van der Waals surface area contributed by atoms with E-state index in [1.165, 1.54) is 11.3 Å². The molecule has 0 saturated carbocycles. The number of aromatic nitrogens is 3. The van der Waals surface area contributed by atoms with Crippen LogP contribution in [0.2, 0.25) is 0 Å². The highest BCUT2D eigenvalue weighted by Gasteiger charge is 2.22. The van der Waals surface area contributed by atoms with E-state index in [0.717, 1.165) is 54.0 Å². The van der Waals surface area contributed by atoms with Gasteiger partial charge in [-0.15, -0.1) is 11.3 Å². The summed E-state index contributed by atoms with van der Waals surface area (Å²) in [6.45, 7) is 6.43. The van der Waals surface area contributed by atoms with Gasteiger partial charge in [-0.3, -0.25) is 9.69 Å². The summed E-state index contributed by atoms with van der Waals surface area (Å²) in [7, 11) is 0. The van der Waals surface area contributed by atoms with E-state index in [1.54, 1.807) is 23.7 Å². The van der Waals surface area contributed by atoms with Crippen molar-refractivity contribution in [2.75, 3.05) is 18.4 Å². The molecule has 10 heteroatoms. The highest BCUT2D eigenvalue weighted by atomic mass is 32.1. The molecule has 2 aromatic heterocycles. The molecule has 1 saturated heterocycles. The fourth-order valence-corrected chi connectivity index (χ4v) is 5.29. The summed E-state index contributed by atoms with van der Waals surface area (Å²) in [4.78, 5) is 28.4. The minimum absolute atomic E-state index is 0.227. The second-order valence-electron chi connectivity index (χ2n) is 9.27. The molecular weight excluding hydrogens is 486 g/mol. The SMILES string of the molecule is Cc1cc(C#N)cc(C)c1Oc1nc(NC2CCN(Cc3cccc(C(N)=O)c3)CC2)nc2scnc12. The fraction of sp³-hybridized carbons (Fsp3) is 0.296. The van der Waals surface area contributed by atoms with E-state index in [0.29, 0.717) is 34.2 Å². The number of rotatable bonds is 7. The standard InChI is InChI=1S/C27H27N7O2S/c1-16-10-19(13-28)11-17(2)23(16)36-25-22-26(37-15-30-22)33-27(32-25)31-21-6-8-34(9-7-21)14-18-4-3-5-20(12-18)24(29)35/h3-5,10-12,15,21H,6-9,14H2,1-2H3,(H2,29,35)(H,31,32,33). The summed E-state index contributed by atoms with van der Waals surface area (Å²) in [5.74, 6) is 1.18. The van der Waals surface area contributed by atoms with Crippen LogP contribution in [0.1, 0.15) is 45.5 Å². The lowest BCUT2D eigenvalue weighted by molar-refractivity contribution is 0.1000. The number of nitrogens with zero attached hydrogens (tertiary/aromatic N) is 5. The summed E-state index contributed by atoms with van der Waals surface area (Å²) in [5.41, 5.74) is 11.7. The largest absolute Gasteiger partial charge is 0.436 e. The third-order valence-electron chi connectivity index (χ3n) is 6.49. The highest BCUT2D eigenvalue weighted by Crippen LogP contribution is 2.34. The zero-order valence-corrected chi connectivity index (χ0v) is 21.5. The van der Waals surface area contributed by atoms with Gasteiger partial charge in [0.1, 0.15) is 5.75 Å². The number of thiazole rings is 1. The number of ether oxygens (including phenoxy) is 1. The molecule has 0 atom stereocenters. The van der Waals surface area contributed by atoms with Gasteiger partial charge in [-0.05, 0) is 67.6 Å². The molecule has 1 amide bonds. The van der Waals surface area contributed by atoms with Crippen LogP contribution in [0.3, 0.4) is 0 Å². The number of nitriles is 1. The van der Waals surface area contributed by atoms with E-state index in [-0.39, 0.29) is 6.04 Å². The Labute approximate surface area is 218 Å². The molecule has 5 rings (SSSR count). The number of carbonyl (C=O) groups is 1. The van der Waals surface area contributed by atoms with Crippen molar-refractivity contribution in [1.29, 1.82) is 5.26 Å². The smallest absolute Gasteiger partial charge is 0.252 e. The molecule has 1 aliphatic heterocycles. The molecule has 3 heterocycles. The Hall–Kier alpha value is -4.07. The first-order valence-electron chi connectivity index (χ1n) is 12.1. The topological polar surface area (TPSA) is 130 Å². The van der Waals surface area contributed by atoms with Crippen LogP contribution in [-0.2, 0) is 6.54 Å². The van der Waals surface area contributed by atoms with Crippen molar-refractivity contribution in [3.05, 3.63) is 69.7 Å². The molecule has 4 aromatic rings. The van der Waals surface area contributed by atoms with Gasteiger partial charge >= 0.3 is 0 Å². The number of hydrogen-bond acceptors (Lipinski definition) is 9. The van der Waals surface area contributed by atoms with Gasteiger partial charge < -0.3 is 15.8 Å². The van der Waals surface area contributed by atoms with Crippen LogP contribution in [-0.4, -0.2) is 44.9 Å². The molecule has 9 nitrogen and oxygen atoms in total. The minimum Gasteiger partial charge on any atom is -0.436 e. The summed E-state index contributed by atoms with van der Waals surface area (Å²) >= 11 is 1.44. The van der Waals surface area contributed by atoms with Crippen LogP contribution in [0.5, 0.6) is 11.6 Å². The monoisotopic (exact) mass is 513 g/mol. The molecule has 0 bridgehead atoms. The number of aryl methyl sites for hydroxylation is 2. The molecule has 3 N–H and O–H groups in total. The number of fused-ring (bicyclic) bond motifs is 1. The number of primary amides is 1. The van der Waals surface area contributed by atoms with E-state index in [1.807, 2.05) is 32.0 Å². The molecule has 0 radical (unpaired) electrons. The van der Waals surface area contributed by atoms with Crippen molar-refractivity contribution in [1.82, 2.24) is 19.9 Å². The van der Waals surface area contributed by atoms with Crippen molar-refractivity contribution in [2.45, 2.75) is 39.3 Å². The van der Waals surface area contributed by atoms with Crippen LogP contribution in [0.4, 0.5) is 5.95 Å². The second kappa shape index (κ2) is 10.5. The zero-order valence-electron chi connectivity index (χ0n) is 20.7. The van der Waals surface area contributed by atoms with Gasteiger partial charge in [0.05, 0.1) is 17.1 Å². The van der Waals surface area contributed by atoms with Crippen molar-refractivity contribution in [2.24, 2.45) is 5.73 Å². The molecule has 2 aromatic carbocycles. The van der Waals surface area contributed by atoms with E-state index < -0.39 is 5.91 Å². The van der Waals surface area contributed by atoms with E-state index in [2.05, 4.69) is 31.2 Å². The number of benzene rings is 2. The predicted octanol–water partition coefficient (Wildman–Crippen LogP) is 4.54. The Morgan fingerprint density at radius 1 is 1.22 bits per heavy atom. The van der Waals surface area contributed by atoms with Gasteiger partial charge in [-0.1, -0.05) is 12.1 Å². The van der Waals surface area contributed by atoms with Crippen molar-refractivity contribution < 1.29 is 9.53 Å². The van der Waals surface area contributed by atoms with Gasteiger partial charge in [0.25, 0.3) is 5.88 Å². The second-order valence-corrected chi connectivity index (χ2v) is 10.1. The number of nitrogens with one attached hydrogen (secondary N) is 1. The van der Waals surface area contributed by atoms with E-state index in [4.69, 9.17) is 10.5 Å². The van der Waals surface area contributed by atoms with Crippen LogP contribution in [0.15, 0.2) is 41.9 Å². The third kappa shape index (κ3) is 5.53. The first kappa shape index (κ1) is 24.6.